The summed E-state index contributed by atoms with van der Waals surface area (Å²) >= 11 is 0. The number of hydrogen-bond acceptors (Lipinski definition) is 6. The van der Waals surface area contributed by atoms with Gasteiger partial charge in [-0.1, -0.05) is 0 Å². The zero-order valence-corrected chi connectivity index (χ0v) is 15.7. The van der Waals surface area contributed by atoms with Gasteiger partial charge in [0.1, 0.15) is 17.2 Å². The van der Waals surface area contributed by atoms with E-state index in [1.807, 2.05) is 24.3 Å². The van der Waals surface area contributed by atoms with Crippen molar-refractivity contribution in [2.24, 2.45) is 5.10 Å². The average Bonchev–Trinajstić information content (AvgIpc) is 3.21. The fourth-order valence-electron chi connectivity index (χ4n) is 2.55. The van der Waals surface area contributed by atoms with Gasteiger partial charge >= 0.3 is 0 Å². The topological polar surface area (TPSA) is 97.8 Å². The molecule has 8 nitrogen and oxygen atoms in total. The molecule has 28 heavy (non-hydrogen) atoms. The Morgan fingerprint density at radius 1 is 1.00 bits per heavy atom. The van der Waals surface area contributed by atoms with Crippen LogP contribution in [0.2, 0.25) is 0 Å². The monoisotopic (exact) mass is 380 g/mol. The minimum atomic E-state index is -0.386. The second kappa shape index (κ2) is 8.72. The SMILES string of the molecule is COc1ccc(-c2[nH]ncc2/C=N\NC(=O)c2cc(OC)cc(OC)c2)cc1. The van der Waals surface area contributed by atoms with Gasteiger partial charge in [0.2, 0.25) is 0 Å². The van der Waals surface area contributed by atoms with Gasteiger partial charge < -0.3 is 14.2 Å². The molecule has 2 N–H and O–H groups in total. The van der Waals surface area contributed by atoms with E-state index in [4.69, 9.17) is 14.2 Å². The van der Waals surface area contributed by atoms with E-state index in [0.717, 1.165) is 22.6 Å². The van der Waals surface area contributed by atoms with Gasteiger partial charge in [-0.25, -0.2) is 5.43 Å². The Labute approximate surface area is 162 Å². The van der Waals surface area contributed by atoms with Gasteiger partial charge in [0.15, 0.2) is 0 Å². The zero-order valence-electron chi connectivity index (χ0n) is 15.7. The molecule has 0 saturated heterocycles. The van der Waals surface area contributed by atoms with E-state index in [9.17, 15) is 4.79 Å². The van der Waals surface area contributed by atoms with E-state index in [0.29, 0.717) is 17.1 Å². The molecule has 8 heteroatoms. The molecule has 0 aliphatic carbocycles. The number of carbonyl (C=O) groups is 1. The lowest BCUT2D eigenvalue weighted by molar-refractivity contribution is 0.0954. The summed E-state index contributed by atoms with van der Waals surface area (Å²) in [5, 5.41) is 11.0. The van der Waals surface area contributed by atoms with Crippen molar-refractivity contribution in [3.63, 3.8) is 0 Å². The van der Waals surface area contributed by atoms with E-state index < -0.39 is 0 Å². The molecular weight excluding hydrogens is 360 g/mol. The number of aromatic nitrogens is 2. The predicted molar refractivity (Wildman–Crippen MR) is 105 cm³/mol. The highest BCUT2D eigenvalue weighted by Gasteiger charge is 2.10. The lowest BCUT2D eigenvalue weighted by Crippen LogP contribution is -2.17. The van der Waals surface area contributed by atoms with Gasteiger partial charge in [-0.2, -0.15) is 10.2 Å². The highest BCUT2D eigenvalue weighted by Crippen LogP contribution is 2.23. The van der Waals surface area contributed by atoms with Gasteiger partial charge in [0.05, 0.1) is 39.4 Å². The summed E-state index contributed by atoms with van der Waals surface area (Å²) < 4.78 is 15.5. The second-order valence-electron chi connectivity index (χ2n) is 5.73. The van der Waals surface area contributed by atoms with E-state index in [2.05, 4.69) is 20.7 Å². The summed E-state index contributed by atoms with van der Waals surface area (Å²) in [6.07, 6.45) is 3.15. The Bertz CT molecular complexity index is 958. The van der Waals surface area contributed by atoms with Crippen molar-refractivity contribution >= 4 is 12.1 Å². The molecule has 2 aromatic carbocycles. The molecular formula is C20H20N4O4. The summed E-state index contributed by atoms with van der Waals surface area (Å²) in [5.41, 5.74) is 5.30. The number of H-pyrrole nitrogens is 1. The maximum Gasteiger partial charge on any atom is 0.271 e. The number of methoxy groups -OCH3 is 3. The predicted octanol–water partition coefficient (Wildman–Crippen LogP) is 2.87. The van der Waals surface area contributed by atoms with Gasteiger partial charge in [-0.3, -0.25) is 9.89 Å². The summed E-state index contributed by atoms with van der Waals surface area (Å²) in [4.78, 5) is 12.4. The summed E-state index contributed by atoms with van der Waals surface area (Å²) in [7, 11) is 4.66. The number of rotatable bonds is 7. The van der Waals surface area contributed by atoms with Gasteiger partial charge in [0.25, 0.3) is 5.91 Å². The third-order valence-electron chi connectivity index (χ3n) is 4.03. The van der Waals surface area contributed by atoms with Crippen LogP contribution in [-0.4, -0.2) is 43.6 Å². The Hall–Kier alpha value is -3.81. The number of benzene rings is 2. The molecule has 0 fully saturated rings. The maximum atomic E-state index is 12.4. The Kier molecular flexibility index (Phi) is 5.91. The van der Waals surface area contributed by atoms with Crippen LogP contribution in [-0.2, 0) is 0 Å². The van der Waals surface area contributed by atoms with Crippen molar-refractivity contribution in [1.29, 1.82) is 0 Å². The van der Waals surface area contributed by atoms with Crippen molar-refractivity contribution in [2.75, 3.05) is 21.3 Å². The number of amides is 1. The van der Waals surface area contributed by atoms with Gasteiger partial charge in [-0.15, -0.1) is 0 Å². The highest BCUT2D eigenvalue weighted by molar-refractivity contribution is 5.96. The molecule has 1 aromatic heterocycles. The minimum absolute atomic E-state index is 0.371. The Morgan fingerprint density at radius 2 is 1.64 bits per heavy atom. The second-order valence-corrected chi connectivity index (χ2v) is 5.73. The number of nitrogens with one attached hydrogen (secondary N) is 2. The Morgan fingerprint density at radius 3 is 2.25 bits per heavy atom. The standard InChI is InChI=1S/C20H20N4O4/c1-26-16-6-4-13(5-7-16)19-15(11-21-23-19)12-22-24-20(25)14-8-17(27-2)10-18(9-14)28-3/h4-12H,1-3H3,(H,21,23)(H,24,25)/b22-12-. The lowest BCUT2D eigenvalue weighted by atomic mass is 10.1. The van der Waals surface area contributed by atoms with Crippen LogP contribution in [0.25, 0.3) is 11.3 Å². The molecule has 0 spiro atoms. The molecule has 3 rings (SSSR count). The van der Waals surface area contributed by atoms with Crippen molar-refractivity contribution < 1.29 is 19.0 Å². The van der Waals surface area contributed by atoms with Crippen molar-refractivity contribution in [3.8, 4) is 28.5 Å². The van der Waals surface area contributed by atoms with Gasteiger partial charge in [-0.05, 0) is 36.4 Å². The third-order valence-corrected chi connectivity index (χ3v) is 4.03. The molecule has 0 bridgehead atoms. The number of aromatic amines is 1. The number of hydrogen-bond donors (Lipinski definition) is 2. The van der Waals surface area contributed by atoms with Crippen LogP contribution in [0.4, 0.5) is 0 Å². The number of ether oxygens (including phenoxy) is 3. The lowest BCUT2D eigenvalue weighted by Gasteiger charge is -2.07. The zero-order chi connectivity index (χ0) is 19.9. The van der Waals surface area contributed by atoms with Crippen molar-refractivity contribution in [3.05, 3.63) is 59.8 Å². The van der Waals surface area contributed by atoms with Gasteiger partial charge in [0, 0.05) is 22.8 Å². The van der Waals surface area contributed by atoms with E-state index >= 15 is 0 Å². The third kappa shape index (κ3) is 4.29. The molecule has 144 valence electrons. The average molecular weight is 380 g/mol. The fourth-order valence-corrected chi connectivity index (χ4v) is 2.55. The van der Waals surface area contributed by atoms with E-state index in [1.165, 1.54) is 20.4 Å². The van der Waals surface area contributed by atoms with Crippen LogP contribution in [0.15, 0.2) is 53.8 Å². The molecule has 0 aliphatic rings. The van der Waals surface area contributed by atoms with Crippen molar-refractivity contribution in [2.45, 2.75) is 0 Å². The van der Waals surface area contributed by atoms with Crippen LogP contribution in [0.1, 0.15) is 15.9 Å². The molecule has 0 aliphatic heterocycles. The smallest absolute Gasteiger partial charge is 0.271 e. The Balaban J connectivity index is 1.73. The molecule has 0 saturated carbocycles. The van der Waals surface area contributed by atoms with Crippen LogP contribution in [0, 0.1) is 0 Å². The number of nitrogens with zero attached hydrogens (tertiary/aromatic N) is 2. The fraction of sp³-hybridized carbons (Fsp3) is 0.150. The molecule has 0 unspecified atom stereocenters. The quantitative estimate of drug-likeness (QED) is 0.485. The summed E-state index contributed by atoms with van der Waals surface area (Å²) in [6, 6.07) is 12.4. The number of carbonyl (C=O) groups excluding carboxylic acids is 1. The largest absolute Gasteiger partial charge is 0.497 e. The molecule has 1 amide bonds. The molecule has 0 atom stereocenters. The van der Waals surface area contributed by atoms with Crippen molar-refractivity contribution in [1.82, 2.24) is 15.6 Å². The first-order valence-corrected chi connectivity index (χ1v) is 8.39. The molecule has 3 aromatic rings. The van der Waals surface area contributed by atoms with E-state index in [-0.39, 0.29) is 5.91 Å². The normalized spacial score (nSPS) is 10.7. The summed E-state index contributed by atoms with van der Waals surface area (Å²) in [5.74, 6) is 1.41. The first-order chi connectivity index (χ1) is 13.6. The highest BCUT2D eigenvalue weighted by atomic mass is 16.5. The summed E-state index contributed by atoms with van der Waals surface area (Å²) in [6.45, 7) is 0. The number of hydrazone groups is 1. The molecule has 1 heterocycles. The van der Waals surface area contributed by atoms with Crippen LogP contribution < -0.4 is 19.6 Å². The minimum Gasteiger partial charge on any atom is -0.497 e. The van der Waals surface area contributed by atoms with Crippen LogP contribution in [0.5, 0.6) is 17.2 Å². The van der Waals surface area contributed by atoms with Crippen LogP contribution >= 0.6 is 0 Å². The first-order valence-electron chi connectivity index (χ1n) is 8.39. The molecule has 0 radical (unpaired) electrons. The van der Waals surface area contributed by atoms with E-state index in [1.54, 1.807) is 31.5 Å². The maximum absolute atomic E-state index is 12.4. The van der Waals surface area contributed by atoms with Crippen LogP contribution in [0.3, 0.4) is 0 Å². The first kappa shape index (κ1) is 19.0.